The van der Waals surface area contributed by atoms with Gasteiger partial charge in [0.25, 0.3) is 5.91 Å². The number of amides is 1. The molecule has 0 N–H and O–H groups in total. The summed E-state index contributed by atoms with van der Waals surface area (Å²) in [6.45, 7) is 2.62. The number of nitrogens with zero attached hydrogens (tertiary/aromatic N) is 5. The van der Waals surface area contributed by atoms with Gasteiger partial charge in [-0.25, -0.2) is 9.97 Å². The first-order chi connectivity index (χ1) is 12.8. The highest BCUT2D eigenvalue weighted by molar-refractivity contribution is 5.92. The molecule has 144 valence electrons. The van der Waals surface area contributed by atoms with Crippen LogP contribution in [0.1, 0.15) is 34.6 Å². The van der Waals surface area contributed by atoms with Crippen LogP contribution in [0.15, 0.2) is 30.7 Å². The molecule has 1 amide bonds. The van der Waals surface area contributed by atoms with Crippen LogP contribution in [0.5, 0.6) is 0 Å². The van der Waals surface area contributed by atoms with E-state index < -0.39 is 11.7 Å². The lowest BCUT2D eigenvalue weighted by atomic mass is 10.0. The quantitative estimate of drug-likeness (QED) is 0.821. The van der Waals surface area contributed by atoms with Crippen LogP contribution in [0.2, 0.25) is 0 Å². The molecule has 0 saturated carbocycles. The minimum Gasteiger partial charge on any atom is -0.354 e. The molecule has 6 nitrogen and oxygen atoms in total. The third-order valence-electron chi connectivity index (χ3n) is 4.66. The van der Waals surface area contributed by atoms with E-state index in [0.29, 0.717) is 31.6 Å². The number of carbonyl (C=O) groups is 1. The molecule has 2 aromatic heterocycles. The van der Waals surface area contributed by atoms with Gasteiger partial charge in [-0.3, -0.25) is 9.78 Å². The fourth-order valence-electron chi connectivity index (χ4n) is 3.19. The van der Waals surface area contributed by atoms with E-state index in [2.05, 4.69) is 15.0 Å². The van der Waals surface area contributed by atoms with Crippen LogP contribution in [0, 0.1) is 6.92 Å². The summed E-state index contributed by atoms with van der Waals surface area (Å²) in [5.41, 5.74) is 0.163. The Bertz CT molecular complexity index is 809. The molecule has 27 heavy (non-hydrogen) atoms. The Morgan fingerprint density at radius 2 is 2.04 bits per heavy atom. The zero-order chi connectivity index (χ0) is 19.6. The van der Waals surface area contributed by atoms with E-state index >= 15 is 0 Å². The molecule has 9 heteroatoms. The van der Waals surface area contributed by atoms with Crippen molar-refractivity contribution in [1.29, 1.82) is 0 Å². The molecule has 3 rings (SSSR count). The van der Waals surface area contributed by atoms with Crippen molar-refractivity contribution < 1.29 is 18.0 Å². The lowest BCUT2D eigenvalue weighted by molar-refractivity contribution is -0.137. The molecule has 0 radical (unpaired) electrons. The Hall–Kier alpha value is -2.71. The second kappa shape index (κ2) is 7.50. The summed E-state index contributed by atoms with van der Waals surface area (Å²) < 4.78 is 39.9. The fourth-order valence-corrected chi connectivity index (χ4v) is 3.19. The Kier molecular flexibility index (Phi) is 5.29. The van der Waals surface area contributed by atoms with Crippen molar-refractivity contribution >= 4 is 11.7 Å². The fraction of sp³-hybridized carbons (Fsp3) is 0.444. The van der Waals surface area contributed by atoms with Gasteiger partial charge in [-0.1, -0.05) is 0 Å². The van der Waals surface area contributed by atoms with Crippen LogP contribution in [0.4, 0.5) is 19.0 Å². The molecule has 0 spiro atoms. The van der Waals surface area contributed by atoms with Gasteiger partial charge in [0, 0.05) is 38.6 Å². The number of hydrogen-bond donors (Lipinski definition) is 0. The molecule has 1 aliphatic heterocycles. The maximum atomic E-state index is 13.3. The summed E-state index contributed by atoms with van der Waals surface area (Å²) >= 11 is 0. The van der Waals surface area contributed by atoms with Crippen LogP contribution in [0.25, 0.3) is 0 Å². The number of hydrogen-bond acceptors (Lipinski definition) is 5. The molecule has 1 aliphatic rings. The van der Waals surface area contributed by atoms with E-state index in [1.54, 1.807) is 18.9 Å². The van der Waals surface area contributed by atoms with Crippen molar-refractivity contribution in [1.82, 2.24) is 19.9 Å². The van der Waals surface area contributed by atoms with E-state index in [0.717, 1.165) is 6.07 Å². The molecule has 1 saturated heterocycles. The van der Waals surface area contributed by atoms with Gasteiger partial charge in [0.05, 0.1) is 17.5 Å². The summed E-state index contributed by atoms with van der Waals surface area (Å²) in [7, 11) is 1.59. The molecule has 1 unspecified atom stereocenters. The second-order valence-corrected chi connectivity index (χ2v) is 6.57. The highest BCUT2D eigenvalue weighted by Gasteiger charge is 2.37. The zero-order valence-electron chi connectivity index (χ0n) is 15.1. The first kappa shape index (κ1) is 19.1. The number of halogens is 3. The zero-order valence-corrected chi connectivity index (χ0v) is 15.1. The SMILES string of the molecule is Cc1cnc(C(=O)N2CCCC(N(C)c3ncccc3C(F)(F)F)C2)cn1. The monoisotopic (exact) mass is 379 g/mol. The summed E-state index contributed by atoms with van der Waals surface area (Å²) in [6.07, 6.45) is 1.16. The molecule has 2 aromatic rings. The largest absolute Gasteiger partial charge is 0.419 e. The maximum Gasteiger partial charge on any atom is 0.419 e. The number of aromatic nitrogens is 3. The van der Waals surface area contributed by atoms with Crippen molar-refractivity contribution in [3.63, 3.8) is 0 Å². The highest BCUT2D eigenvalue weighted by Crippen LogP contribution is 2.36. The summed E-state index contributed by atoms with van der Waals surface area (Å²) in [5, 5.41) is 0. The lowest BCUT2D eigenvalue weighted by Crippen LogP contribution is -2.49. The second-order valence-electron chi connectivity index (χ2n) is 6.57. The maximum absolute atomic E-state index is 13.3. The van der Waals surface area contributed by atoms with E-state index in [9.17, 15) is 18.0 Å². The van der Waals surface area contributed by atoms with Crippen LogP contribution in [0.3, 0.4) is 0 Å². The topological polar surface area (TPSA) is 62.2 Å². The molecular formula is C18H20F3N5O. The van der Waals surface area contributed by atoms with Crippen molar-refractivity contribution in [2.45, 2.75) is 32.0 Å². The molecule has 1 atom stereocenters. The first-order valence-corrected chi connectivity index (χ1v) is 8.60. The van der Waals surface area contributed by atoms with Crippen molar-refractivity contribution in [3.05, 3.63) is 47.7 Å². The van der Waals surface area contributed by atoms with Crippen molar-refractivity contribution in [2.75, 3.05) is 25.0 Å². The van der Waals surface area contributed by atoms with E-state index in [1.165, 1.54) is 29.6 Å². The third-order valence-corrected chi connectivity index (χ3v) is 4.66. The van der Waals surface area contributed by atoms with Gasteiger partial charge in [0.2, 0.25) is 0 Å². The van der Waals surface area contributed by atoms with Crippen molar-refractivity contribution in [3.8, 4) is 0 Å². The molecule has 1 fully saturated rings. The predicted octanol–water partition coefficient (Wildman–Crippen LogP) is 2.94. The van der Waals surface area contributed by atoms with Gasteiger partial charge < -0.3 is 9.80 Å². The Morgan fingerprint density at radius 3 is 2.70 bits per heavy atom. The number of carbonyl (C=O) groups excluding carboxylic acids is 1. The van der Waals surface area contributed by atoms with Crippen LogP contribution < -0.4 is 4.90 Å². The normalized spacial score (nSPS) is 17.7. The average Bonchev–Trinajstić information content (AvgIpc) is 2.67. The van der Waals surface area contributed by atoms with Gasteiger partial charge in [0.1, 0.15) is 11.5 Å². The number of aryl methyl sites for hydroxylation is 1. The van der Waals surface area contributed by atoms with Gasteiger partial charge >= 0.3 is 6.18 Å². The molecule has 0 aliphatic carbocycles. The molecule has 0 aromatic carbocycles. The highest BCUT2D eigenvalue weighted by atomic mass is 19.4. The standard InChI is InChI=1S/C18H20F3N5O/c1-12-9-24-15(10-23-12)17(27)26-8-4-5-13(11-26)25(2)16-14(18(19,20)21)6-3-7-22-16/h3,6-7,9-10,13H,4-5,8,11H2,1-2H3. The number of likely N-dealkylation sites (tertiary alicyclic amines) is 1. The number of likely N-dealkylation sites (N-methyl/N-ethyl adjacent to an activating group) is 1. The van der Waals surface area contributed by atoms with E-state index in [1.807, 2.05) is 0 Å². The number of anilines is 1. The molecular weight excluding hydrogens is 359 g/mol. The smallest absolute Gasteiger partial charge is 0.354 e. The van der Waals surface area contributed by atoms with Gasteiger partial charge in [-0.2, -0.15) is 13.2 Å². The minimum atomic E-state index is -4.49. The van der Waals surface area contributed by atoms with Crippen LogP contribution in [-0.4, -0.2) is 51.9 Å². The number of alkyl halides is 3. The van der Waals surface area contributed by atoms with Gasteiger partial charge in [0.15, 0.2) is 0 Å². The van der Waals surface area contributed by atoms with Crippen LogP contribution >= 0.6 is 0 Å². The van der Waals surface area contributed by atoms with Crippen molar-refractivity contribution in [2.24, 2.45) is 0 Å². The van der Waals surface area contributed by atoms with E-state index in [4.69, 9.17) is 0 Å². The van der Waals surface area contributed by atoms with Crippen LogP contribution in [-0.2, 0) is 6.18 Å². The van der Waals surface area contributed by atoms with Gasteiger partial charge in [-0.15, -0.1) is 0 Å². The van der Waals surface area contributed by atoms with Gasteiger partial charge in [-0.05, 0) is 31.9 Å². The number of rotatable bonds is 3. The Labute approximate surface area is 155 Å². The number of piperidine rings is 1. The minimum absolute atomic E-state index is 0.126. The molecule has 3 heterocycles. The summed E-state index contributed by atoms with van der Waals surface area (Å²) in [6, 6.07) is 2.02. The van der Waals surface area contributed by atoms with E-state index in [-0.39, 0.29) is 23.5 Å². The Morgan fingerprint density at radius 1 is 1.26 bits per heavy atom. The summed E-state index contributed by atoms with van der Waals surface area (Å²) in [5.74, 6) is -0.392. The lowest BCUT2D eigenvalue weighted by Gasteiger charge is -2.38. The summed E-state index contributed by atoms with van der Waals surface area (Å²) in [4.78, 5) is 27.9. The number of pyridine rings is 1. The predicted molar refractivity (Wildman–Crippen MR) is 93.3 cm³/mol. The third kappa shape index (κ3) is 4.17. The average molecular weight is 379 g/mol. The molecule has 0 bridgehead atoms. The Balaban J connectivity index is 1.78. The first-order valence-electron chi connectivity index (χ1n) is 8.60.